The number of aliphatic hydroxyl groups excluding tert-OH is 2. The molecule has 3 aliphatic rings. The fraction of sp³-hybridized carbons (Fsp3) is 0.523. The second kappa shape index (κ2) is 49.1. The first-order valence-electron chi connectivity index (χ1n) is 43.3. The van der Waals surface area contributed by atoms with E-state index in [0.29, 0.717) is 45.8 Å². The molecular formula is C86H119N21O24S. The van der Waals surface area contributed by atoms with Crippen molar-refractivity contribution < 1.29 is 117 Å². The average Bonchev–Trinajstić information content (AvgIpc) is 1.69. The zero-order valence-electron chi connectivity index (χ0n) is 74.1. The first-order chi connectivity index (χ1) is 62.7. The molecule has 132 heavy (non-hydrogen) atoms. The number of fused-ring (bicyclic) bond motifs is 4. The minimum Gasteiger partial charge on any atom is -0.508 e. The molecule has 3 saturated heterocycles. The van der Waals surface area contributed by atoms with Crippen LogP contribution in [0, 0.1) is 0 Å². The van der Waals surface area contributed by atoms with Crippen LogP contribution in [0.1, 0.15) is 115 Å². The number of aromatic nitrogens is 2. The molecule has 3 aliphatic heterocycles. The van der Waals surface area contributed by atoms with Gasteiger partial charge in [0.05, 0.1) is 31.4 Å². The smallest absolute Gasteiger partial charge is 0.323 e. The summed E-state index contributed by atoms with van der Waals surface area (Å²) < 4.78 is 1.38. The third kappa shape index (κ3) is 28.1. The predicted molar refractivity (Wildman–Crippen MR) is 475 cm³/mol. The van der Waals surface area contributed by atoms with Gasteiger partial charge in [-0.05, 0) is 80.0 Å². The lowest BCUT2D eigenvalue weighted by molar-refractivity contribution is -0.149. The van der Waals surface area contributed by atoms with Crippen LogP contribution in [0.25, 0.3) is 21.8 Å². The van der Waals surface area contributed by atoms with E-state index in [1.165, 1.54) is 62.2 Å². The first kappa shape index (κ1) is 104. The summed E-state index contributed by atoms with van der Waals surface area (Å²) in [7, 11) is 3.70. The molecule has 17 amide bonds. The van der Waals surface area contributed by atoms with Crippen molar-refractivity contribution in [2.24, 2.45) is 22.9 Å². The van der Waals surface area contributed by atoms with Crippen molar-refractivity contribution in [2.45, 2.75) is 214 Å². The molecule has 46 heteroatoms. The average molecular weight is 1860 g/mol. The van der Waals surface area contributed by atoms with E-state index in [2.05, 4.69) is 58.2 Å². The molecule has 2 aromatic heterocycles. The Morgan fingerprint density at radius 2 is 1.08 bits per heavy atom. The molecule has 5 heterocycles. The summed E-state index contributed by atoms with van der Waals surface area (Å²) in [5.41, 5.74) is 25.3. The minimum atomic E-state index is -2.00. The Labute approximate surface area is 763 Å². The number of rotatable bonds is 25. The van der Waals surface area contributed by atoms with Crippen molar-refractivity contribution in [1.82, 2.24) is 87.2 Å². The van der Waals surface area contributed by atoms with Gasteiger partial charge in [-0.15, -0.1) is 11.8 Å². The van der Waals surface area contributed by atoms with Gasteiger partial charge in [-0.2, -0.15) is 0 Å². The van der Waals surface area contributed by atoms with Crippen LogP contribution < -0.4 is 76.1 Å². The van der Waals surface area contributed by atoms with E-state index in [4.69, 9.17) is 22.9 Å². The lowest BCUT2D eigenvalue weighted by atomic mass is 10.00. The molecule has 3 aromatic carbocycles. The molecule has 45 nitrogen and oxygen atoms in total. The quantitative estimate of drug-likeness (QED) is 0.0259. The van der Waals surface area contributed by atoms with Crippen molar-refractivity contribution in [2.75, 3.05) is 72.0 Å². The number of carboxylic acid groups (broad SMARTS) is 2. The van der Waals surface area contributed by atoms with Gasteiger partial charge in [0.25, 0.3) is 0 Å². The molecule has 0 spiro atoms. The molecule has 0 bridgehead atoms. The zero-order valence-corrected chi connectivity index (χ0v) is 74.9. The number of nitrogens with zero attached hydrogens (tertiary/aromatic N) is 6. The van der Waals surface area contributed by atoms with Crippen LogP contribution in [0.15, 0.2) is 85.2 Å². The fourth-order valence-electron chi connectivity index (χ4n) is 15.9. The lowest BCUT2D eigenvalue weighted by Gasteiger charge is -2.36. The van der Waals surface area contributed by atoms with Crippen molar-refractivity contribution >= 4 is 146 Å². The number of aliphatic hydroxyl groups is 2. The first-order valence-corrected chi connectivity index (χ1v) is 44.5. The second-order valence-electron chi connectivity index (χ2n) is 32.8. The van der Waals surface area contributed by atoms with E-state index in [-0.39, 0.29) is 62.8 Å². The number of H-pyrrole nitrogens is 1. The lowest BCUT2D eigenvalue weighted by Crippen LogP contribution is -2.62. The van der Waals surface area contributed by atoms with E-state index in [1.54, 1.807) is 62.4 Å². The molecule has 24 N–H and O–H groups in total. The number of phenolic OH excluding ortho intramolecular Hbond substituents is 1. The Hall–Kier alpha value is -13.3. The molecule has 5 aromatic rings. The van der Waals surface area contributed by atoms with Gasteiger partial charge >= 0.3 is 11.9 Å². The zero-order chi connectivity index (χ0) is 97.1. The summed E-state index contributed by atoms with van der Waals surface area (Å²) in [6.45, 7) is 0.111. The van der Waals surface area contributed by atoms with Crippen molar-refractivity contribution in [3.63, 3.8) is 0 Å². The molecule has 15 atom stereocenters. The number of hydrogen-bond acceptors (Lipinski definition) is 25. The van der Waals surface area contributed by atoms with Gasteiger partial charge < -0.3 is 136 Å². The Morgan fingerprint density at radius 3 is 1.72 bits per heavy atom. The number of carboxylic acids is 2. The number of para-hydroxylation sites is 2. The summed E-state index contributed by atoms with van der Waals surface area (Å²) in [6, 6.07) is -4.85. The van der Waals surface area contributed by atoms with Crippen LogP contribution in [0.3, 0.4) is 0 Å². The Balaban J connectivity index is 1.19. The summed E-state index contributed by atoms with van der Waals surface area (Å²) in [6.07, 6.45) is -1.14. The number of benzene rings is 3. The maximum absolute atomic E-state index is 15.8. The number of nitrogens with two attached hydrogens (primary N) is 4. The second-order valence-corrected chi connectivity index (χ2v) is 33.9. The number of primary amides is 2. The van der Waals surface area contributed by atoms with E-state index in [9.17, 15) is 87.9 Å². The molecule has 0 unspecified atom stereocenters. The summed E-state index contributed by atoms with van der Waals surface area (Å²) in [5, 5.41) is 78.8. The Bertz CT molecular complexity index is 5050. The Kier molecular flexibility index (Phi) is 38.7. The third-order valence-electron chi connectivity index (χ3n) is 23.3. The van der Waals surface area contributed by atoms with E-state index < -0.39 is 292 Å². The predicted octanol–water partition coefficient (Wildman–Crippen LogP) is -5.86. The number of carbonyl (C=O) groups excluding carboxylic acids is 17. The maximum atomic E-state index is 15.8. The van der Waals surface area contributed by atoms with Gasteiger partial charge in [0.15, 0.2) is 0 Å². The number of unbranched alkanes of at least 4 members (excludes halogenated alkanes) is 2. The highest BCUT2D eigenvalue weighted by molar-refractivity contribution is 8.00. The molecule has 718 valence electrons. The van der Waals surface area contributed by atoms with Crippen LogP contribution in [0.4, 0.5) is 0 Å². The number of aromatic hydroxyl groups is 1. The molecule has 8 rings (SSSR count). The third-order valence-corrected chi connectivity index (χ3v) is 24.3. The van der Waals surface area contributed by atoms with Gasteiger partial charge in [-0.25, -0.2) is 0 Å². The SMILES string of the molecule is CCCC[C@H]1C(=O)N(C)[C@@H](CCCC)C(=O)N[C@@H](CN)C(=O)N[C@H](C(=O)NCC(N)=O)CSCC(=O)N[C@@H](Cc2ccc(O)cc2)C(=O)N(C)[C@@H](C)C(=O)N[C@@H](CC(=O)O)C(=O)N2CCC[C@H]2C(=O)N[C@@H](CN)C(=O)N[C@@H](CCC(N)=O)C(=O)N2C[C@H](O)C[C@H]2C(=O)N[C@@H](Cc2c[nH]c3ccccc23)C(=O)N[C@@H](CO)C(=O)N[C@@H](Cc2cn(CC(=O)O)c3ccccc23)C(=O)N1C. The number of aromatic amines is 1. The molecule has 0 radical (unpaired) electrons. The van der Waals surface area contributed by atoms with Crippen LogP contribution in [0.5, 0.6) is 5.75 Å². The van der Waals surface area contributed by atoms with Crippen LogP contribution >= 0.6 is 11.8 Å². The van der Waals surface area contributed by atoms with Crippen molar-refractivity contribution in [1.29, 1.82) is 0 Å². The fourth-order valence-corrected chi connectivity index (χ4v) is 16.8. The standard InChI is InChI=1S/C86H119N21O24S/c1-7-9-19-64-79(124)98-60(36-88)77(122)101-62(74(119)92-38-69(90)112)43-132-44-70(113)93-56(30-46-23-25-49(109)26-24-46)82(127)102(4)45(3)73(118)96-58(34-71(114)115)85(130)106-29-15-22-65(106)80(125)99-59(35-87)76(121)94-54(27-28-68(89)111)84(129)107-40-50(110)33-67(107)81(126)95-55(31-47-37-91-53-18-13-11-16-51(47)53)75(120)100-61(42-108)78(123)97-57(83(128)104(6)66(20-10-8-2)86(131)103(64)5)32-48-39-105(41-72(116)117)63-21-14-12-17-52(48)63/h11-14,16-18,21,23-26,37,39,45,50,54-62,64-67,91,108-110H,7-10,15,19-20,22,27-36,38,40-44,87-88H2,1-6H3,(H2,89,111)(H2,90,112)(H,92,119)(H,93,113)(H,94,121)(H,95,126)(H,96,118)(H,97,123)(H,98,124)(H,99,125)(H,100,120)(H,101,122)(H,114,115)(H,116,117)/t45-,50+,54-,55-,56-,57-,58-,59-,60-,61-,62-,64-,65-,66-,67-/m0/s1. The molecule has 0 saturated carbocycles. The highest BCUT2D eigenvalue weighted by Crippen LogP contribution is 2.28. The maximum Gasteiger partial charge on any atom is 0.323 e. The molecule has 3 fully saturated rings. The van der Waals surface area contributed by atoms with Gasteiger partial charge in [0.1, 0.15) is 96.9 Å². The highest BCUT2D eigenvalue weighted by Gasteiger charge is 2.47. The van der Waals surface area contributed by atoms with Gasteiger partial charge in [0, 0.05) is 119 Å². The number of likely N-dealkylation sites (N-methyl/N-ethyl adjacent to an activating group) is 3. The minimum absolute atomic E-state index is 0.0666. The van der Waals surface area contributed by atoms with Crippen LogP contribution in [-0.2, 0) is 117 Å². The van der Waals surface area contributed by atoms with Crippen molar-refractivity contribution in [3.05, 3.63) is 102 Å². The number of phenols is 1. The monoisotopic (exact) mass is 1860 g/mol. The number of thioether (sulfide) groups is 1. The van der Waals surface area contributed by atoms with E-state index >= 15 is 28.8 Å². The van der Waals surface area contributed by atoms with Gasteiger partial charge in [-0.3, -0.25) is 91.1 Å². The number of amides is 17. The number of carbonyl (C=O) groups is 19. The largest absolute Gasteiger partial charge is 0.508 e. The topological polar surface area (TPSA) is 687 Å². The number of nitrogens with one attached hydrogen (secondary N) is 11. The number of hydrogen-bond donors (Lipinski definition) is 20. The highest BCUT2D eigenvalue weighted by atomic mass is 32.2. The van der Waals surface area contributed by atoms with E-state index in [0.717, 1.165) is 43.3 Å². The summed E-state index contributed by atoms with van der Waals surface area (Å²) in [5.74, 6) is -21.8. The Morgan fingerprint density at radius 1 is 0.538 bits per heavy atom. The van der Waals surface area contributed by atoms with Crippen molar-refractivity contribution in [3.8, 4) is 5.75 Å². The van der Waals surface area contributed by atoms with Crippen LogP contribution in [0.2, 0.25) is 0 Å². The number of aliphatic carboxylic acids is 2. The van der Waals surface area contributed by atoms with E-state index in [1.807, 2.05) is 0 Å². The normalized spacial score (nSPS) is 25.0. The molecular weight excluding hydrogens is 1740 g/mol. The summed E-state index contributed by atoms with van der Waals surface area (Å²) >= 11 is 0.719. The van der Waals surface area contributed by atoms with Crippen LogP contribution in [-0.4, -0.2) is 335 Å². The van der Waals surface area contributed by atoms with Gasteiger partial charge in [-0.1, -0.05) is 88.1 Å². The summed E-state index contributed by atoms with van der Waals surface area (Å²) in [4.78, 5) is 279. The molecule has 0 aliphatic carbocycles. The van der Waals surface area contributed by atoms with Gasteiger partial charge in [0.2, 0.25) is 100 Å².